The molecule has 5 nitrogen and oxygen atoms in total. The van der Waals surface area contributed by atoms with Crippen LogP contribution in [0, 0.1) is 5.92 Å². The van der Waals surface area contributed by atoms with E-state index in [-0.39, 0.29) is 0 Å². The maximum absolute atomic E-state index is 12.1. The predicted molar refractivity (Wildman–Crippen MR) is 58.0 cm³/mol. The molecule has 0 aromatic carbocycles. The van der Waals surface area contributed by atoms with Crippen molar-refractivity contribution in [1.29, 1.82) is 0 Å². The molecule has 18 heavy (non-hydrogen) atoms. The number of sulfonamides is 1. The summed E-state index contributed by atoms with van der Waals surface area (Å²) in [6, 6.07) is 0. The number of ether oxygens (including phenoxy) is 1. The van der Waals surface area contributed by atoms with Crippen LogP contribution in [0.1, 0.15) is 27.7 Å². The van der Waals surface area contributed by atoms with Gasteiger partial charge in [0.05, 0.1) is 11.5 Å². The normalized spacial score (nSPS) is 13.8. The third-order valence-electron chi connectivity index (χ3n) is 1.76. The number of esters is 1. The summed E-state index contributed by atoms with van der Waals surface area (Å²) in [6.07, 6.45) is 0. The summed E-state index contributed by atoms with van der Waals surface area (Å²) in [4.78, 5) is 11.1. The molecule has 0 aromatic heterocycles. The molecule has 108 valence electrons. The van der Waals surface area contributed by atoms with Crippen molar-refractivity contribution in [2.45, 2.75) is 38.7 Å². The van der Waals surface area contributed by atoms with Crippen LogP contribution < -0.4 is 4.72 Å². The minimum atomic E-state index is -5.46. The third-order valence-corrected chi connectivity index (χ3v) is 3.19. The van der Waals surface area contributed by atoms with E-state index in [1.807, 2.05) is 0 Å². The Morgan fingerprint density at radius 3 is 2.06 bits per heavy atom. The summed E-state index contributed by atoms with van der Waals surface area (Å²) in [5, 5.41) is 0. The quantitative estimate of drug-likeness (QED) is 0.777. The van der Waals surface area contributed by atoms with E-state index in [1.54, 1.807) is 13.8 Å². The number of rotatable bonds is 5. The van der Waals surface area contributed by atoms with Gasteiger partial charge in [0.1, 0.15) is 6.61 Å². The van der Waals surface area contributed by atoms with Gasteiger partial charge in [-0.15, -0.1) is 0 Å². The molecule has 0 unspecified atom stereocenters. The van der Waals surface area contributed by atoms with Crippen LogP contribution in [0.3, 0.4) is 0 Å². The summed E-state index contributed by atoms with van der Waals surface area (Å²) in [7, 11) is -5.46. The van der Waals surface area contributed by atoms with Crippen LogP contribution in [0.25, 0.3) is 0 Å². The van der Waals surface area contributed by atoms with Gasteiger partial charge in [-0.1, -0.05) is 13.8 Å². The maximum atomic E-state index is 12.1. The topological polar surface area (TPSA) is 72.5 Å². The fraction of sp³-hybridized carbons (Fsp3) is 0.889. The molecule has 1 N–H and O–H groups in total. The molecule has 0 aliphatic rings. The highest BCUT2D eigenvalue weighted by Crippen LogP contribution is 2.23. The van der Waals surface area contributed by atoms with E-state index in [9.17, 15) is 26.4 Å². The van der Waals surface area contributed by atoms with Crippen LogP contribution in [0.4, 0.5) is 13.2 Å². The number of carbonyl (C=O) groups excluding carboxylic acids is 1. The molecular weight excluding hydrogens is 275 g/mol. The standard InChI is InChI=1S/C9H16F3NO4S/c1-6(2)7(14)17-5-8(3,4)13-18(15,16)9(10,11)12/h6,13H,5H2,1-4H3. The van der Waals surface area contributed by atoms with E-state index < -0.39 is 39.6 Å². The van der Waals surface area contributed by atoms with E-state index in [0.717, 1.165) is 0 Å². The molecule has 0 radical (unpaired) electrons. The van der Waals surface area contributed by atoms with Gasteiger partial charge in [0.15, 0.2) is 0 Å². The molecule has 0 spiro atoms. The Morgan fingerprint density at radius 1 is 1.28 bits per heavy atom. The van der Waals surface area contributed by atoms with Crippen LogP contribution in [-0.2, 0) is 19.6 Å². The minimum Gasteiger partial charge on any atom is -0.464 e. The smallest absolute Gasteiger partial charge is 0.464 e. The molecular formula is C9H16F3NO4S. The molecule has 0 aliphatic heterocycles. The largest absolute Gasteiger partial charge is 0.511 e. The summed E-state index contributed by atoms with van der Waals surface area (Å²) >= 11 is 0. The molecule has 9 heteroatoms. The number of nitrogens with one attached hydrogen (secondary N) is 1. The first-order valence-corrected chi connectivity index (χ1v) is 6.54. The molecule has 0 atom stereocenters. The molecule has 0 saturated heterocycles. The Morgan fingerprint density at radius 2 is 1.72 bits per heavy atom. The highest BCUT2D eigenvalue weighted by molar-refractivity contribution is 7.90. The number of halogens is 3. The van der Waals surface area contributed by atoms with Crippen molar-refractivity contribution in [3.8, 4) is 0 Å². The Bertz CT molecular complexity index is 401. The zero-order valence-electron chi connectivity index (χ0n) is 10.5. The monoisotopic (exact) mass is 291 g/mol. The van der Waals surface area contributed by atoms with Crippen LogP contribution in [-0.4, -0.2) is 32.0 Å². The van der Waals surface area contributed by atoms with Gasteiger partial charge in [-0.3, -0.25) is 4.79 Å². The van der Waals surface area contributed by atoms with Crippen molar-refractivity contribution in [2.24, 2.45) is 5.92 Å². The number of alkyl halides is 3. The van der Waals surface area contributed by atoms with Gasteiger partial charge in [0.25, 0.3) is 0 Å². The fourth-order valence-corrected chi connectivity index (χ4v) is 1.77. The lowest BCUT2D eigenvalue weighted by molar-refractivity contribution is -0.149. The zero-order valence-corrected chi connectivity index (χ0v) is 11.3. The summed E-state index contributed by atoms with van der Waals surface area (Å²) in [5.74, 6) is -1.06. The van der Waals surface area contributed by atoms with Crippen molar-refractivity contribution >= 4 is 16.0 Å². The Labute approximate surface area is 104 Å². The highest BCUT2D eigenvalue weighted by atomic mass is 32.2. The summed E-state index contributed by atoms with van der Waals surface area (Å²) < 4.78 is 64.3. The lowest BCUT2D eigenvalue weighted by Gasteiger charge is -2.26. The average Bonchev–Trinajstić information content (AvgIpc) is 2.10. The first-order valence-electron chi connectivity index (χ1n) is 5.05. The molecule has 0 amide bonds. The second-order valence-corrected chi connectivity index (χ2v) is 6.37. The maximum Gasteiger partial charge on any atom is 0.511 e. The van der Waals surface area contributed by atoms with Gasteiger partial charge < -0.3 is 4.74 Å². The molecule has 0 fully saturated rings. The third kappa shape index (κ3) is 5.21. The van der Waals surface area contributed by atoms with Crippen LogP contribution in [0.2, 0.25) is 0 Å². The van der Waals surface area contributed by atoms with E-state index in [1.165, 1.54) is 18.6 Å². The SMILES string of the molecule is CC(C)C(=O)OCC(C)(C)NS(=O)(=O)C(F)(F)F. The second kappa shape index (κ2) is 5.43. The van der Waals surface area contributed by atoms with Crippen molar-refractivity contribution in [3.05, 3.63) is 0 Å². The van der Waals surface area contributed by atoms with Gasteiger partial charge in [-0.05, 0) is 13.8 Å². The van der Waals surface area contributed by atoms with Crippen molar-refractivity contribution in [1.82, 2.24) is 4.72 Å². The van der Waals surface area contributed by atoms with Crippen molar-refractivity contribution < 1.29 is 31.1 Å². The van der Waals surface area contributed by atoms with Crippen molar-refractivity contribution in [2.75, 3.05) is 6.61 Å². The van der Waals surface area contributed by atoms with Gasteiger partial charge in [-0.2, -0.15) is 17.9 Å². The highest BCUT2D eigenvalue weighted by Gasteiger charge is 2.48. The lowest BCUT2D eigenvalue weighted by Crippen LogP contribution is -2.51. The zero-order chi connectivity index (χ0) is 14.8. The van der Waals surface area contributed by atoms with Gasteiger partial charge >= 0.3 is 21.5 Å². The Kier molecular flexibility index (Phi) is 5.18. The fourth-order valence-electron chi connectivity index (χ4n) is 0.869. The second-order valence-electron chi connectivity index (χ2n) is 4.70. The van der Waals surface area contributed by atoms with Crippen molar-refractivity contribution in [3.63, 3.8) is 0 Å². The Hall–Kier alpha value is -0.830. The minimum absolute atomic E-state index is 0.444. The summed E-state index contributed by atoms with van der Waals surface area (Å²) in [6.45, 7) is 4.98. The average molecular weight is 291 g/mol. The van der Waals surface area contributed by atoms with Crippen LogP contribution >= 0.6 is 0 Å². The summed E-state index contributed by atoms with van der Waals surface area (Å²) in [5.41, 5.74) is -6.94. The van der Waals surface area contributed by atoms with Gasteiger partial charge in [-0.25, -0.2) is 8.42 Å². The number of carbonyl (C=O) groups is 1. The van der Waals surface area contributed by atoms with Gasteiger partial charge in [0.2, 0.25) is 0 Å². The van der Waals surface area contributed by atoms with E-state index in [2.05, 4.69) is 0 Å². The first kappa shape index (κ1) is 17.2. The molecule has 0 rings (SSSR count). The van der Waals surface area contributed by atoms with Crippen LogP contribution in [0.5, 0.6) is 0 Å². The first-order chi connectivity index (χ1) is 7.78. The van der Waals surface area contributed by atoms with E-state index >= 15 is 0 Å². The number of hydrogen-bond donors (Lipinski definition) is 1. The van der Waals surface area contributed by atoms with E-state index in [0.29, 0.717) is 0 Å². The molecule has 0 aromatic rings. The Balaban J connectivity index is 4.64. The molecule has 0 bridgehead atoms. The van der Waals surface area contributed by atoms with Crippen LogP contribution in [0.15, 0.2) is 0 Å². The van der Waals surface area contributed by atoms with Gasteiger partial charge in [0, 0.05) is 0 Å². The molecule has 0 aliphatic carbocycles. The lowest BCUT2D eigenvalue weighted by atomic mass is 10.1. The molecule has 0 heterocycles. The number of hydrogen-bond acceptors (Lipinski definition) is 4. The predicted octanol–water partition coefficient (Wildman–Crippen LogP) is 1.40. The molecule has 0 saturated carbocycles. The van der Waals surface area contributed by atoms with E-state index in [4.69, 9.17) is 4.74 Å².